The predicted octanol–water partition coefficient (Wildman–Crippen LogP) is 1.71. The van der Waals surface area contributed by atoms with Crippen molar-refractivity contribution in [1.29, 1.82) is 0 Å². The summed E-state index contributed by atoms with van der Waals surface area (Å²) in [6.07, 6.45) is 5.82. The van der Waals surface area contributed by atoms with Gasteiger partial charge in [0.2, 0.25) is 11.8 Å². The molecule has 1 heterocycles. The molecule has 0 fully saturated rings. The molecule has 7 heteroatoms. The Morgan fingerprint density at radius 2 is 2.00 bits per heavy atom. The zero-order chi connectivity index (χ0) is 16.1. The Balaban J connectivity index is 2.23. The lowest BCUT2D eigenvalue weighted by Gasteiger charge is -2.18. The predicted molar refractivity (Wildman–Crippen MR) is 85.7 cm³/mol. The number of amides is 3. The van der Waals surface area contributed by atoms with Crippen LogP contribution in [0.5, 0.6) is 0 Å². The highest BCUT2D eigenvalue weighted by atomic mass is 32.1. The zero-order valence-electron chi connectivity index (χ0n) is 11.6. The fraction of sp³-hybridized carbons (Fsp3) is 0.200. The SMILES string of the molecule is C#CCC(=O)N(C(=O)S)c1ccc(C2=NNC(=O)CC2)cc1. The number of nitrogens with one attached hydrogen (secondary N) is 1. The lowest BCUT2D eigenvalue weighted by molar-refractivity contribution is -0.121. The van der Waals surface area contributed by atoms with E-state index in [0.717, 1.165) is 16.2 Å². The summed E-state index contributed by atoms with van der Waals surface area (Å²) in [4.78, 5) is 35.3. The summed E-state index contributed by atoms with van der Waals surface area (Å²) in [5, 5.41) is 3.28. The van der Waals surface area contributed by atoms with Gasteiger partial charge in [0.25, 0.3) is 5.24 Å². The molecule has 1 aromatic rings. The Kier molecular flexibility index (Phi) is 4.96. The van der Waals surface area contributed by atoms with Gasteiger partial charge >= 0.3 is 0 Å². The average molecular weight is 315 g/mol. The monoisotopic (exact) mass is 315 g/mol. The molecule has 1 aliphatic heterocycles. The van der Waals surface area contributed by atoms with E-state index in [-0.39, 0.29) is 12.3 Å². The molecule has 3 amide bonds. The molecule has 0 aliphatic carbocycles. The smallest absolute Gasteiger partial charge is 0.273 e. The quantitative estimate of drug-likeness (QED) is 0.658. The molecule has 0 aromatic heterocycles. The number of benzene rings is 1. The summed E-state index contributed by atoms with van der Waals surface area (Å²) < 4.78 is 0. The molecule has 1 aromatic carbocycles. The van der Waals surface area contributed by atoms with Gasteiger partial charge in [-0.05, 0) is 17.7 Å². The van der Waals surface area contributed by atoms with Gasteiger partial charge in [-0.25, -0.2) is 10.3 Å². The lowest BCUT2D eigenvalue weighted by atomic mass is 10.0. The van der Waals surface area contributed by atoms with E-state index >= 15 is 0 Å². The normalized spacial score (nSPS) is 13.6. The van der Waals surface area contributed by atoms with E-state index in [0.29, 0.717) is 18.5 Å². The fourth-order valence-electron chi connectivity index (χ4n) is 2.01. The maximum absolute atomic E-state index is 11.9. The standard InChI is InChI=1S/C15H13N3O3S/c1-2-3-14(20)18(15(21)22)11-6-4-10(5-7-11)12-8-9-13(19)17-16-12/h1,4-7H,3,8-9H2,(H,17,19)(H,21,22). The number of hydrogen-bond acceptors (Lipinski definition) is 4. The number of nitrogens with zero attached hydrogens (tertiary/aromatic N) is 2. The first-order chi connectivity index (χ1) is 10.5. The lowest BCUT2D eigenvalue weighted by Crippen LogP contribution is -2.32. The van der Waals surface area contributed by atoms with Crippen LogP contribution in [0.25, 0.3) is 0 Å². The van der Waals surface area contributed by atoms with Gasteiger partial charge in [0.15, 0.2) is 0 Å². The molecule has 6 nitrogen and oxygen atoms in total. The molecule has 1 N–H and O–H groups in total. The number of carbonyl (C=O) groups is 3. The van der Waals surface area contributed by atoms with Crippen LogP contribution in [0.3, 0.4) is 0 Å². The molecule has 0 bridgehead atoms. The van der Waals surface area contributed by atoms with Crippen LogP contribution in [0.4, 0.5) is 10.5 Å². The third-order valence-electron chi connectivity index (χ3n) is 3.06. The Morgan fingerprint density at radius 3 is 2.50 bits per heavy atom. The van der Waals surface area contributed by atoms with Crippen LogP contribution in [0.15, 0.2) is 29.4 Å². The van der Waals surface area contributed by atoms with Crippen molar-refractivity contribution in [2.75, 3.05) is 4.90 Å². The van der Waals surface area contributed by atoms with Crippen LogP contribution in [-0.4, -0.2) is 22.8 Å². The average Bonchev–Trinajstić information content (AvgIpc) is 2.49. The van der Waals surface area contributed by atoms with Crippen LogP contribution in [-0.2, 0) is 9.59 Å². The number of rotatable bonds is 3. The van der Waals surface area contributed by atoms with E-state index in [2.05, 4.69) is 29.1 Å². The summed E-state index contributed by atoms with van der Waals surface area (Å²) in [6, 6.07) is 6.66. The summed E-state index contributed by atoms with van der Waals surface area (Å²) in [6.45, 7) is 0. The Labute approximate surface area is 133 Å². The number of carbonyl (C=O) groups excluding carboxylic acids is 3. The maximum atomic E-state index is 11.9. The molecule has 0 spiro atoms. The molecule has 1 aliphatic rings. The van der Waals surface area contributed by atoms with E-state index in [1.807, 2.05) is 0 Å². The molecule has 0 saturated carbocycles. The van der Waals surface area contributed by atoms with Crippen LogP contribution in [0.2, 0.25) is 0 Å². The minimum atomic E-state index is -0.699. The van der Waals surface area contributed by atoms with Crippen LogP contribution < -0.4 is 10.3 Å². The summed E-state index contributed by atoms with van der Waals surface area (Å²) >= 11 is 3.70. The molecule has 112 valence electrons. The Hall–Kier alpha value is -2.59. The van der Waals surface area contributed by atoms with E-state index in [9.17, 15) is 14.4 Å². The van der Waals surface area contributed by atoms with Crippen LogP contribution in [0.1, 0.15) is 24.8 Å². The van der Waals surface area contributed by atoms with Crippen molar-refractivity contribution >= 4 is 41.1 Å². The molecular formula is C15H13N3O3S. The Bertz CT molecular complexity index is 689. The number of terminal acetylenes is 1. The first-order valence-electron chi connectivity index (χ1n) is 6.48. The summed E-state index contributed by atoms with van der Waals surface area (Å²) in [7, 11) is 0. The van der Waals surface area contributed by atoms with Gasteiger partial charge in [-0.15, -0.1) is 6.42 Å². The van der Waals surface area contributed by atoms with E-state index in [1.165, 1.54) is 0 Å². The molecule has 22 heavy (non-hydrogen) atoms. The van der Waals surface area contributed by atoms with E-state index < -0.39 is 11.1 Å². The molecule has 0 unspecified atom stereocenters. The second-order valence-corrected chi connectivity index (χ2v) is 4.92. The minimum absolute atomic E-state index is 0.118. The number of thiol groups is 1. The summed E-state index contributed by atoms with van der Waals surface area (Å²) in [5.41, 5.74) is 4.34. The largest absolute Gasteiger partial charge is 0.289 e. The van der Waals surface area contributed by atoms with Gasteiger partial charge in [0.1, 0.15) is 0 Å². The molecule has 2 rings (SSSR count). The van der Waals surface area contributed by atoms with Crippen molar-refractivity contribution < 1.29 is 14.4 Å². The van der Waals surface area contributed by atoms with E-state index in [1.54, 1.807) is 24.3 Å². The zero-order valence-corrected chi connectivity index (χ0v) is 12.5. The van der Waals surface area contributed by atoms with Gasteiger partial charge in [0.05, 0.1) is 17.8 Å². The molecule has 0 radical (unpaired) electrons. The van der Waals surface area contributed by atoms with Crippen molar-refractivity contribution in [3.05, 3.63) is 29.8 Å². The highest BCUT2D eigenvalue weighted by molar-refractivity contribution is 7.97. The van der Waals surface area contributed by atoms with Gasteiger partial charge in [-0.2, -0.15) is 5.10 Å². The van der Waals surface area contributed by atoms with Crippen molar-refractivity contribution in [2.45, 2.75) is 19.3 Å². The van der Waals surface area contributed by atoms with Crippen molar-refractivity contribution in [2.24, 2.45) is 5.10 Å². The highest BCUT2D eigenvalue weighted by Gasteiger charge is 2.20. The van der Waals surface area contributed by atoms with Crippen LogP contribution >= 0.6 is 12.6 Å². The second-order valence-electron chi connectivity index (χ2n) is 4.53. The topological polar surface area (TPSA) is 78.8 Å². The van der Waals surface area contributed by atoms with Crippen LogP contribution in [0, 0.1) is 12.3 Å². The van der Waals surface area contributed by atoms with Gasteiger partial charge in [-0.3, -0.25) is 14.4 Å². The summed E-state index contributed by atoms with van der Waals surface area (Å²) in [5.74, 6) is 1.57. The third-order valence-corrected chi connectivity index (χ3v) is 3.26. The van der Waals surface area contributed by atoms with Crippen molar-refractivity contribution in [3.8, 4) is 12.3 Å². The third kappa shape index (κ3) is 3.54. The minimum Gasteiger partial charge on any atom is -0.273 e. The fourth-order valence-corrected chi connectivity index (χ4v) is 2.24. The second kappa shape index (κ2) is 6.91. The van der Waals surface area contributed by atoms with Gasteiger partial charge < -0.3 is 0 Å². The number of hydrogen-bond donors (Lipinski definition) is 2. The Morgan fingerprint density at radius 1 is 1.32 bits per heavy atom. The first-order valence-corrected chi connectivity index (χ1v) is 6.93. The highest BCUT2D eigenvalue weighted by Crippen LogP contribution is 2.20. The number of anilines is 1. The van der Waals surface area contributed by atoms with Gasteiger partial charge in [0, 0.05) is 12.8 Å². The first kappa shape index (κ1) is 15.8. The maximum Gasteiger partial charge on any atom is 0.289 e. The number of hydrazone groups is 1. The van der Waals surface area contributed by atoms with Crippen molar-refractivity contribution in [3.63, 3.8) is 0 Å². The van der Waals surface area contributed by atoms with Crippen molar-refractivity contribution in [1.82, 2.24) is 5.43 Å². The van der Waals surface area contributed by atoms with E-state index in [4.69, 9.17) is 6.42 Å². The number of imide groups is 1. The van der Waals surface area contributed by atoms with Gasteiger partial charge in [-0.1, -0.05) is 30.7 Å². The molecule has 0 atom stereocenters. The molecular weight excluding hydrogens is 302 g/mol. The molecule has 0 saturated heterocycles.